The van der Waals surface area contributed by atoms with Crippen LogP contribution in [0.3, 0.4) is 0 Å². The maximum Gasteiger partial charge on any atom is 0.416 e. The van der Waals surface area contributed by atoms with Crippen molar-refractivity contribution in [2.45, 2.75) is 25.4 Å². The summed E-state index contributed by atoms with van der Waals surface area (Å²) in [5, 5.41) is 5.03. The van der Waals surface area contributed by atoms with Gasteiger partial charge in [0.2, 0.25) is 5.91 Å². The smallest absolute Gasteiger partial charge is 0.416 e. The fraction of sp³-hybridized carbons (Fsp3) is 0.240. The minimum absolute atomic E-state index is 0.0575. The Morgan fingerprint density at radius 2 is 1.77 bits per heavy atom. The highest BCUT2D eigenvalue weighted by molar-refractivity contribution is 5.92. The lowest BCUT2D eigenvalue weighted by Crippen LogP contribution is -2.18. The summed E-state index contributed by atoms with van der Waals surface area (Å²) in [6, 6.07) is 13.6. The Morgan fingerprint density at radius 1 is 1.00 bits per heavy atom. The molecule has 10 heteroatoms. The zero-order valence-corrected chi connectivity index (χ0v) is 19.0. The highest BCUT2D eigenvalue weighted by Gasteiger charge is 2.31. The number of nitrogens with zero attached hydrogens (tertiary/aromatic N) is 1. The standard InChI is InChI=1S/C25H25F3N4O3/c1-30-24(34)22-15-21(8-10-31-22)35-20-4-2-3-16(13-20)5-6-23(33)32-19-12-17(7-9-29)11-18(14-19)25(26,27)28/h2-4,8,10-15H,5-7,9,29H2,1H3,(H,30,34)(H,32,33). The summed E-state index contributed by atoms with van der Waals surface area (Å²) in [5.41, 5.74) is 6.12. The van der Waals surface area contributed by atoms with Crippen LogP contribution in [0.4, 0.5) is 18.9 Å². The van der Waals surface area contributed by atoms with Gasteiger partial charge in [-0.2, -0.15) is 13.2 Å². The van der Waals surface area contributed by atoms with Gasteiger partial charge in [-0.3, -0.25) is 14.6 Å². The van der Waals surface area contributed by atoms with Crippen molar-refractivity contribution >= 4 is 17.5 Å². The van der Waals surface area contributed by atoms with Gasteiger partial charge in [-0.15, -0.1) is 0 Å². The summed E-state index contributed by atoms with van der Waals surface area (Å²) in [7, 11) is 1.50. The van der Waals surface area contributed by atoms with Crippen LogP contribution < -0.4 is 21.1 Å². The van der Waals surface area contributed by atoms with Gasteiger partial charge in [0.25, 0.3) is 5.91 Å². The third kappa shape index (κ3) is 7.54. The van der Waals surface area contributed by atoms with Crippen molar-refractivity contribution in [3.8, 4) is 11.5 Å². The number of halogens is 3. The number of ether oxygens (including phenoxy) is 1. The third-order valence-corrected chi connectivity index (χ3v) is 5.00. The molecule has 0 aliphatic rings. The number of carbonyl (C=O) groups is 2. The normalized spacial score (nSPS) is 11.1. The van der Waals surface area contributed by atoms with Crippen molar-refractivity contribution in [1.82, 2.24) is 10.3 Å². The van der Waals surface area contributed by atoms with Crippen molar-refractivity contribution in [1.29, 1.82) is 0 Å². The Bertz CT molecular complexity index is 1200. The largest absolute Gasteiger partial charge is 0.457 e. The van der Waals surface area contributed by atoms with Crippen LogP contribution in [0.5, 0.6) is 11.5 Å². The lowest BCUT2D eigenvalue weighted by molar-refractivity contribution is -0.137. The second-order valence-electron chi connectivity index (χ2n) is 7.71. The molecule has 0 saturated heterocycles. The van der Waals surface area contributed by atoms with Gasteiger partial charge < -0.3 is 21.1 Å². The van der Waals surface area contributed by atoms with Crippen LogP contribution in [0.2, 0.25) is 0 Å². The van der Waals surface area contributed by atoms with Crippen molar-refractivity contribution in [3.05, 3.63) is 83.2 Å². The molecule has 3 aromatic rings. The number of alkyl halides is 3. The summed E-state index contributed by atoms with van der Waals surface area (Å²) < 4.78 is 45.4. The van der Waals surface area contributed by atoms with Crippen LogP contribution in [0.1, 0.15) is 33.6 Å². The maximum atomic E-state index is 13.2. The van der Waals surface area contributed by atoms with E-state index in [4.69, 9.17) is 10.5 Å². The quantitative estimate of drug-likeness (QED) is 0.418. The number of hydrogen-bond donors (Lipinski definition) is 3. The zero-order chi connectivity index (χ0) is 25.4. The minimum atomic E-state index is -4.53. The van der Waals surface area contributed by atoms with Crippen LogP contribution in [-0.2, 0) is 23.8 Å². The van der Waals surface area contributed by atoms with Gasteiger partial charge in [0.1, 0.15) is 17.2 Å². The highest BCUT2D eigenvalue weighted by atomic mass is 19.4. The second-order valence-corrected chi connectivity index (χ2v) is 7.71. The van der Waals surface area contributed by atoms with Crippen LogP contribution in [0.25, 0.3) is 0 Å². The first-order chi connectivity index (χ1) is 16.7. The Morgan fingerprint density at radius 3 is 2.49 bits per heavy atom. The Hall–Kier alpha value is -3.92. The molecule has 0 spiro atoms. The molecule has 3 rings (SSSR count). The first-order valence-corrected chi connectivity index (χ1v) is 10.8. The summed E-state index contributed by atoms with van der Waals surface area (Å²) >= 11 is 0. The first-order valence-electron chi connectivity index (χ1n) is 10.8. The molecule has 184 valence electrons. The minimum Gasteiger partial charge on any atom is -0.457 e. The average Bonchev–Trinajstić information content (AvgIpc) is 2.82. The van der Waals surface area contributed by atoms with Gasteiger partial charge in [0.15, 0.2) is 0 Å². The number of hydrogen-bond acceptors (Lipinski definition) is 5. The molecule has 1 heterocycles. The molecule has 0 aliphatic heterocycles. The lowest BCUT2D eigenvalue weighted by atomic mass is 10.1. The molecule has 0 radical (unpaired) electrons. The van der Waals surface area contributed by atoms with Crippen LogP contribution in [-0.4, -0.2) is 30.4 Å². The summed E-state index contributed by atoms with van der Waals surface area (Å²) in [4.78, 5) is 28.2. The molecule has 1 aromatic heterocycles. The number of carbonyl (C=O) groups excluding carboxylic acids is 2. The maximum absolute atomic E-state index is 13.2. The number of nitrogens with two attached hydrogens (primary N) is 1. The van der Waals surface area contributed by atoms with Gasteiger partial charge in [-0.1, -0.05) is 12.1 Å². The molecule has 0 bridgehead atoms. The van der Waals surface area contributed by atoms with Crippen molar-refractivity contribution in [2.75, 3.05) is 18.9 Å². The molecule has 4 N–H and O–H groups in total. The molecule has 0 atom stereocenters. The van der Waals surface area contributed by atoms with E-state index < -0.39 is 17.6 Å². The molecule has 2 amide bonds. The van der Waals surface area contributed by atoms with Gasteiger partial charge in [0.05, 0.1) is 5.56 Å². The number of aromatic nitrogens is 1. The predicted molar refractivity (Wildman–Crippen MR) is 125 cm³/mol. The second kappa shape index (κ2) is 11.5. The van der Waals surface area contributed by atoms with Crippen molar-refractivity contribution in [3.63, 3.8) is 0 Å². The van der Waals surface area contributed by atoms with Crippen LogP contribution in [0.15, 0.2) is 60.8 Å². The molecule has 0 aliphatic carbocycles. The molecule has 7 nitrogen and oxygen atoms in total. The number of benzene rings is 2. The fourth-order valence-corrected chi connectivity index (χ4v) is 3.35. The Kier molecular flexibility index (Phi) is 8.43. The molecule has 2 aromatic carbocycles. The van der Waals surface area contributed by atoms with E-state index in [0.29, 0.717) is 23.5 Å². The molecular formula is C25H25F3N4O3. The number of pyridine rings is 1. The third-order valence-electron chi connectivity index (χ3n) is 5.00. The molecule has 0 fully saturated rings. The molecule has 0 saturated carbocycles. The number of rotatable bonds is 9. The number of amides is 2. The van der Waals surface area contributed by atoms with E-state index in [1.54, 1.807) is 24.3 Å². The summed E-state index contributed by atoms with van der Waals surface area (Å²) in [6.45, 7) is 0.194. The van der Waals surface area contributed by atoms with Gasteiger partial charge >= 0.3 is 6.18 Å². The topological polar surface area (TPSA) is 106 Å². The molecule has 0 unspecified atom stereocenters. The van der Waals surface area contributed by atoms with Crippen molar-refractivity contribution in [2.24, 2.45) is 5.73 Å². The Balaban J connectivity index is 1.64. The van der Waals surface area contributed by atoms with E-state index in [1.807, 2.05) is 6.07 Å². The Labute approximate surface area is 200 Å². The summed E-state index contributed by atoms with van der Waals surface area (Å²) in [5.74, 6) is 0.164. The SMILES string of the molecule is CNC(=O)c1cc(Oc2cccc(CCC(=O)Nc3cc(CCN)cc(C(F)(F)F)c3)c2)ccn1. The van der Waals surface area contributed by atoms with E-state index >= 15 is 0 Å². The predicted octanol–water partition coefficient (Wildman–Crippen LogP) is 4.32. The first kappa shape index (κ1) is 25.7. The van der Waals surface area contributed by atoms with Crippen molar-refractivity contribution < 1.29 is 27.5 Å². The summed E-state index contributed by atoms with van der Waals surface area (Å²) in [6.07, 6.45) is -2.40. The van der Waals surface area contributed by atoms with E-state index in [2.05, 4.69) is 15.6 Å². The van der Waals surface area contributed by atoms with Crippen LogP contribution in [0, 0.1) is 0 Å². The zero-order valence-electron chi connectivity index (χ0n) is 19.0. The number of nitrogens with one attached hydrogen (secondary N) is 2. The fourth-order valence-electron chi connectivity index (χ4n) is 3.35. The average molecular weight is 486 g/mol. The van der Waals surface area contributed by atoms with Gasteiger partial charge in [-0.25, -0.2) is 0 Å². The number of aryl methyl sites for hydroxylation is 1. The number of anilines is 1. The highest BCUT2D eigenvalue weighted by Crippen LogP contribution is 2.32. The van der Waals surface area contributed by atoms with Gasteiger partial charge in [0, 0.05) is 31.4 Å². The van der Waals surface area contributed by atoms with E-state index in [0.717, 1.165) is 17.7 Å². The lowest BCUT2D eigenvalue weighted by Gasteiger charge is -2.13. The van der Waals surface area contributed by atoms with E-state index in [1.165, 1.54) is 25.4 Å². The molecule has 35 heavy (non-hydrogen) atoms. The van der Waals surface area contributed by atoms with Crippen LogP contribution >= 0.6 is 0 Å². The van der Waals surface area contributed by atoms with Gasteiger partial charge in [-0.05, 0) is 66.9 Å². The van der Waals surface area contributed by atoms with E-state index in [9.17, 15) is 22.8 Å². The monoisotopic (exact) mass is 486 g/mol. The van der Waals surface area contributed by atoms with E-state index in [-0.39, 0.29) is 36.7 Å². The molecular weight excluding hydrogens is 461 g/mol.